The van der Waals surface area contributed by atoms with E-state index in [1.54, 1.807) is 0 Å². The maximum Gasteiger partial charge on any atom is 0.238 e. The summed E-state index contributed by atoms with van der Waals surface area (Å²) in [5.41, 5.74) is -0.730. The van der Waals surface area contributed by atoms with Gasteiger partial charge in [-0.25, -0.2) is 0 Å². The summed E-state index contributed by atoms with van der Waals surface area (Å²) in [4.78, 5) is 29.3. The molecule has 22 heavy (non-hydrogen) atoms. The second-order valence-electron chi connectivity index (χ2n) is 6.98. The van der Waals surface area contributed by atoms with Crippen molar-refractivity contribution in [2.75, 3.05) is 39.4 Å². The lowest BCUT2D eigenvalue weighted by molar-refractivity contribution is -0.189. The van der Waals surface area contributed by atoms with E-state index in [4.69, 9.17) is 9.47 Å². The number of nitrogens with zero attached hydrogens (tertiary/aromatic N) is 2. The van der Waals surface area contributed by atoms with Crippen LogP contribution in [0.2, 0.25) is 0 Å². The molecule has 0 bridgehead atoms. The molecular formula is C16H24N2O4. The number of piperidine rings is 1. The zero-order valence-corrected chi connectivity index (χ0v) is 13.0. The number of carbonyl (C=O) groups excluding carboxylic acids is 2. The lowest BCUT2D eigenvalue weighted by Gasteiger charge is -2.39. The highest BCUT2D eigenvalue weighted by Crippen LogP contribution is 2.50. The number of ether oxygens (including phenoxy) is 2. The quantitative estimate of drug-likeness (QED) is 0.707. The summed E-state index contributed by atoms with van der Waals surface area (Å²) in [6.45, 7) is 4.19. The van der Waals surface area contributed by atoms with E-state index in [2.05, 4.69) is 0 Å². The summed E-state index contributed by atoms with van der Waals surface area (Å²) in [5, 5.41) is 0. The second kappa shape index (κ2) is 5.20. The smallest absolute Gasteiger partial charge is 0.238 e. The summed E-state index contributed by atoms with van der Waals surface area (Å²) in [7, 11) is 0. The van der Waals surface area contributed by atoms with Gasteiger partial charge in [-0.2, -0.15) is 0 Å². The first-order valence-corrected chi connectivity index (χ1v) is 8.52. The summed E-state index contributed by atoms with van der Waals surface area (Å²) in [6, 6.07) is 0. The van der Waals surface area contributed by atoms with Crippen molar-refractivity contribution in [1.29, 1.82) is 0 Å². The van der Waals surface area contributed by atoms with Crippen molar-refractivity contribution in [3.63, 3.8) is 0 Å². The first kappa shape index (κ1) is 14.5. The Morgan fingerprint density at radius 2 is 1.23 bits per heavy atom. The van der Waals surface area contributed by atoms with Crippen LogP contribution in [0.5, 0.6) is 0 Å². The molecule has 0 radical (unpaired) electrons. The highest BCUT2D eigenvalue weighted by Gasteiger charge is 2.60. The zero-order valence-electron chi connectivity index (χ0n) is 13.0. The van der Waals surface area contributed by atoms with Gasteiger partial charge in [0.15, 0.2) is 5.79 Å². The number of amides is 2. The van der Waals surface area contributed by atoms with Crippen molar-refractivity contribution >= 4 is 11.8 Å². The fourth-order valence-electron chi connectivity index (χ4n) is 4.01. The molecule has 4 fully saturated rings. The summed E-state index contributed by atoms with van der Waals surface area (Å²) in [6.07, 6.45) is 5.00. The highest BCUT2D eigenvalue weighted by atomic mass is 16.7. The maximum atomic E-state index is 12.9. The zero-order chi connectivity index (χ0) is 15.2. The average Bonchev–Trinajstić information content (AvgIpc) is 2.96. The Kier molecular flexibility index (Phi) is 3.42. The molecule has 2 amide bonds. The minimum Gasteiger partial charge on any atom is -0.347 e. The van der Waals surface area contributed by atoms with Crippen LogP contribution in [0.1, 0.15) is 38.5 Å². The molecule has 0 aromatic rings. The summed E-state index contributed by atoms with van der Waals surface area (Å²) < 4.78 is 11.4. The minimum absolute atomic E-state index is 0.0391. The number of likely N-dealkylation sites (tertiary alicyclic amines) is 2. The van der Waals surface area contributed by atoms with Gasteiger partial charge in [-0.05, 0) is 25.7 Å². The number of rotatable bonds is 2. The number of hydrogen-bond donors (Lipinski definition) is 0. The van der Waals surface area contributed by atoms with Gasteiger partial charge in [0.2, 0.25) is 11.8 Å². The van der Waals surface area contributed by atoms with E-state index in [9.17, 15) is 9.59 Å². The molecule has 122 valence electrons. The molecule has 6 nitrogen and oxygen atoms in total. The van der Waals surface area contributed by atoms with E-state index in [1.165, 1.54) is 0 Å². The molecule has 1 aliphatic carbocycles. The van der Waals surface area contributed by atoms with Crippen LogP contribution < -0.4 is 0 Å². The standard InChI is InChI=1S/C16H24N2O4/c19-13(17-7-1-2-8-17)15(3-4-15)14(20)18-9-5-16(6-10-18)21-11-12-22-16/h1-12H2. The third-order valence-electron chi connectivity index (χ3n) is 5.59. The van der Waals surface area contributed by atoms with E-state index in [0.717, 1.165) is 38.8 Å². The Morgan fingerprint density at radius 1 is 0.727 bits per heavy atom. The topological polar surface area (TPSA) is 59.1 Å². The van der Waals surface area contributed by atoms with Crippen molar-refractivity contribution in [3.05, 3.63) is 0 Å². The Labute approximate surface area is 130 Å². The van der Waals surface area contributed by atoms with E-state index in [-0.39, 0.29) is 11.8 Å². The Bertz CT molecular complexity index is 467. The van der Waals surface area contributed by atoms with Gasteiger partial charge < -0.3 is 19.3 Å². The predicted molar refractivity (Wildman–Crippen MR) is 77.9 cm³/mol. The average molecular weight is 308 g/mol. The minimum atomic E-state index is -0.730. The van der Waals surface area contributed by atoms with Gasteiger partial charge in [-0.3, -0.25) is 9.59 Å². The first-order chi connectivity index (χ1) is 10.7. The SMILES string of the molecule is O=C(N1CCCC1)C1(C(=O)N2CCC3(CC2)OCCO3)CC1. The maximum absolute atomic E-state index is 12.9. The fraction of sp³-hybridized carbons (Fsp3) is 0.875. The van der Waals surface area contributed by atoms with Gasteiger partial charge in [0.1, 0.15) is 5.41 Å². The molecule has 1 saturated carbocycles. The molecule has 3 heterocycles. The van der Waals surface area contributed by atoms with E-state index >= 15 is 0 Å². The van der Waals surface area contributed by atoms with Gasteiger partial charge in [0.25, 0.3) is 0 Å². The molecule has 0 unspecified atom stereocenters. The molecule has 6 heteroatoms. The van der Waals surface area contributed by atoms with Crippen molar-refractivity contribution in [1.82, 2.24) is 9.80 Å². The normalized spacial score (nSPS) is 29.1. The largest absolute Gasteiger partial charge is 0.347 e. The van der Waals surface area contributed by atoms with E-state index < -0.39 is 11.2 Å². The van der Waals surface area contributed by atoms with Crippen LogP contribution in [-0.4, -0.2) is 66.8 Å². The molecule has 3 saturated heterocycles. The fourth-order valence-corrected chi connectivity index (χ4v) is 4.01. The van der Waals surface area contributed by atoms with Crippen LogP contribution in [0, 0.1) is 5.41 Å². The molecule has 0 aromatic carbocycles. The summed E-state index contributed by atoms with van der Waals surface area (Å²) in [5.74, 6) is -0.354. The van der Waals surface area contributed by atoms with Gasteiger partial charge in [0.05, 0.1) is 13.2 Å². The lowest BCUT2D eigenvalue weighted by atomic mass is 9.98. The monoisotopic (exact) mass is 308 g/mol. The van der Waals surface area contributed by atoms with E-state index in [0.29, 0.717) is 39.1 Å². The molecule has 4 aliphatic rings. The van der Waals surface area contributed by atoms with Crippen LogP contribution in [0.4, 0.5) is 0 Å². The third kappa shape index (κ3) is 2.24. The molecule has 3 aliphatic heterocycles. The highest BCUT2D eigenvalue weighted by molar-refractivity contribution is 6.07. The number of carbonyl (C=O) groups is 2. The molecular weight excluding hydrogens is 284 g/mol. The first-order valence-electron chi connectivity index (χ1n) is 8.52. The van der Waals surface area contributed by atoms with Gasteiger partial charge in [-0.1, -0.05) is 0 Å². The van der Waals surface area contributed by atoms with Gasteiger partial charge in [0, 0.05) is 39.0 Å². The molecule has 1 spiro atoms. The van der Waals surface area contributed by atoms with Crippen molar-refractivity contribution in [2.24, 2.45) is 5.41 Å². The van der Waals surface area contributed by atoms with Crippen LogP contribution in [0.15, 0.2) is 0 Å². The van der Waals surface area contributed by atoms with Gasteiger partial charge >= 0.3 is 0 Å². The molecule has 0 atom stereocenters. The van der Waals surface area contributed by atoms with Crippen LogP contribution >= 0.6 is 0 Å². The van der Waals surface area contributed by atoms with Crippen molar-refractivity contribution in [3.8, 4) is 0 Å². The second-order valence-corrected chi connectivity index (χ2v) is 6.98. The molecule has 0 aromatic heterocycles. The van der Waals surface area contributed by atoms with Gasteiger partial charge in [-0.15, -0.1) is 0 Å². The molecule has 0 N–H and O–H groups in total. The van der Waals surface area contributed by atoms with Crippen LogP contribution in [0.25, 0.3) is 0 Å². The third-order valence-corrected chi connectivity index (χ3v) is 5.59. The predicted octanol–water partition coefficient (Wildman–Crippen LogP) is 0.754. The molecule has 4 rings (SSSR count). The van der Waals surface area contributed by atoms with E-state index in [1.807, 2.05) is 9.80 Å². The Hall–Kier alpha value is -1.14. The number of hydrogen-bond acceptors (Lipinski definition) is 4. The summed E-state index contributed by atoms with van der Waals surface area (Å²) >= 11 is 0. The Morgan fingerprint density at radius 3 is 1.73 bits per heavy atom. The van der Waals surface area contributed by atoms with Crippen molar-refractivity contribution < 1.29 is 19.1 Å². The lowest BCUT2D eigenvalue weighted by Crippen LogP contribution is -2.52. The van der Waals surface area contributed by atoms with Crippen molar-refractivity contribution in [2.45, 2.75) is 44.3 Å². The van der Waals surface area contributed by atoms with Crippen LogP contribution in [0.3, 0.4) is 0 Å². The van der Waals surface area contributed by atoms with Crippen LogP contribution in [-0.2, 0) is 19.1 Å². The Balaban J connectivity index is 1.40.